The summed E-state index contributed by atoms with van der Waals surface area (Å²) < 4.78 is 0. The molecule has 26 heavy (non-hydrogen) atoms. The summed E-state index contributed by atoms with van der Waals surface area (Å²) in [6.07, 6.45) is 0. The molecule has 0 unspecified atom stereocenters. The molecule has 148 valence electrons. The lowest BCUT2D eigenvalue weighted by atomic mass is 9.97. The zero-order valence-electron chi connectivity index (χ0n) is 16.7. The number of benzene rings is 1. The Morgan fingerprint density at radius 1 is 0.462 bits per heavy atom. The first-order valence-electron chi connectivity index (χ1n) is 9.15. The SMILES string of the molecule is C.C.CC(C)c1ccc(C(C)C)cc1.CC(C)c1ccc(C(C)C)nn1. The van der Waals surface area contributed by atoms with E-state index in [1.54, 1.807) is 0 Å². The third-order valence-electron chi connectivity index (χ3n) is 4.16. The predicted octanol–water partition coefficient (Wildman–Crippen LogP) is 7.93. The van der Waals surface area contributed by atoms with E-state index < -0.39 is 0 Å². The normalized spacial score (nSPS) is 10.3. The molecule has 0 bridgehead atoms. The lowest BCUT2D eigenvalue weighted by Gasteiger charge is -2.08. The molecule has 0 saturated heterocycles. The molecule has 0 aliphatic carbocycles. The molecule has 2 aromatic rings. The van der Waals surface area contributed by atoms with Crippen LogP contribution in [0.2, 0.25) is 0 Å². The molecule has 0 aliphatic heterocycles. The Labute approximate surface area is 163 Å². The lowest BCUT2D eigenvalue weighted by Crippen LogP contribution is -1.99. The molecule has 1 aromatic carbocycles. The third kappa shape index (κ3) is 8.60. The van der Waals surface area contributed by atoms with Crippen molar-refractivity contribution in [3.8, 4) is 0 Å². The number of nitrogens with zero attached hydrogens (tertiary/aromatic N) is 2. The van der Waals surface area contributed by atoms with Crippen molar-refractivity contribution in [1.29, 1.82) is 0 Å². The van der Waals surface area contributed by atoms with Crippen LogP contribution >= 0.6 is 0 Å². The first-order chi connectivity index (χ1) is 11.2. The molecule has 2 nitrogen and oxygen atoms in total. The molecule has 0 radical (unpaired) electrons. The van der Waals surface area contributed by atoms with Gasteiger partial charge in [0.15, 0.2) is 0 Å². The molecule has 0 spiro atoms. The monoisotopic (exact) mass is 358 g/mol. The van der Waals surface area contributed by atoms with Gasteiger partial charge in [-0.25, -0.2) is 0 Å². The molecule has 1 aromatic heterocycles. The third-order valence-corrected chi connectivity index (χ3v) is 4.16. The van der Waals surface area contributed by atoms with Gasteiger partial charge in [0, 0.05) is 0 Å². The standard InChI is InChI=1S/C12H18.C10H16N2.2CH4/c1-9(2)11-5-7-12(8-6-11)10(3)4;1-7(2)9-5-6-10(8(3)4)12-11-9;;/h5-10H,1-4H3;5-8H,1-4H3;2*1H4. The molecule has 0 N–H and O–H groups in total. The van der Waals surface area contributed by atoms with Gasteiger partial charge in [0.25, 0.3) is 0 Å². The van der Waals surface area contributed by atoms with E-state index in [4.69, 9.17) is 0 Å². The molecule has 0 fully saturated rings. The number of hydrogen-bond donors (Lipinski definition) is 0. The van der Waals surface area contributed by atoms with Gasteiger partial charge in [0.2, 0.25) is 0 Å². The Balaban J connectivity index is 0. The fourth-order valence-corrected chi connectivity index (χ4v) is 2.23. The highest BCUT2D eigenvalue weighted by Gasteiger charge is 2.04. The van der Waals surface area contributed by atoms with Crippen LogP contribution in [0.5, 0.6) is 0 Å². The highest BCUT2D eigenvalue weighted by Crippen LogP contribution is 2.19. The molecule has 0 saturated carbocycles. The van der Waals surface area contributed by atoms with Crippen LogP contribution in [-0.4, -0.2) is 10.2 Å². The number of hydrogen-bond acceptors (Lipinski definition) is 2. The number of rotatable bonds is 4. The van der Waals surface area contributed by atoms with Crippen LogP contribution in [0.3, 0.4) is 0 Å². The van der Waals surface area contributed by atoms with E-state index >= 15 is 0 Å². The van der Waals surface area contributed by atoms with Gasteiger partial charge in [-0.3, -0.25) is 0 Å². The minimum atomic E-state index is 0. The van der Waals surface area contributed by atoms with Gasteiger partial charge in [0.1, 0.15) is 0 Å². The van der Waals surface area contributed by atoms with Gasteiger partial charge in [-0.2, -0.15) is 10.2 Å². The predicted molar refractivity (Wildman–Crippen MR) is 118 cm³/mol. The summed E-state index contributed by atoms with van der Waals surface area (Å²) in [5, 5.41) is 8.30. The van der Waals surface area contributed by atoms with Gasteiger partial charge in [-0.05, 0) is 46.9 Å². The van der Waals surface area contributed by atoms with E-state index in [9.17, 15) is 0 Å². The molecule has 2 rings (SSSR count). The summed E-state index contributed by atoms with van der Waals surface area (Å²) >= 11 is 0. The van der Waals surface area contributed by atoms with Crippen LogP contribution < -0.4 is 0 Å². The van der Waals surface area contributed by atoms with E-state index in [1.165, 1.54) is 11.1 Å². The summed E-state index contributed by atoms with van der Waals surface area (Å²) in [6, 6.07) is 13.1. The molecule has 1 heterocycles. The summed E-state index contributed by atoms with van der Waals surface area (Å²) in [5.41, 5.74) is 5.00. The van der Waals surface area contributed by atoms with Gasteiger partial charge in [-0.15, -0.1) is 0 Å². The van der Waals surface area contributed by atoms with E-state index in [0.717, 1.165) is 11.4 Å². The van der Waals surface area contributed by atoms with Crippen LogP contribution in [0.1, 0.15) is 116 Å². The van der Waals surface area contributed by atoms with Gasteiger partial charge >= 0.3 is 0 Å². The number of aromatic nitrogens is 2. The average molecular weight is 359 g/mol. The van der Waals surface area contributed by atoms with Crippen molar-refractivity contribution in [2.24, 2.45) is 0 Å². The summed E-state index contributed by atoms with van der Waals surface area (Å²) in [4.78, 5) is 0. The summed E-state index contributed by atoms with van der Waals surface area (Å²) in [5.74, 6) is 2.23. The summed E-state index contributed by atoms with van der Waals surface area (Å²) in [6.45, 7) is 17.4. The van der Waals surface area contributed by atoms with Crippen molar-refractivity contribution < 1.29 is 0 Å². The maximum absolute atomic E-state index is 4.15. The van der Waals surface area contributed by atoms with Crippen LogP contribution in [0.4, 0.5) is 0 Å². The van der Waals surface area contributed by atoms with Gasteiger partial charge in [0.05, 0.1) is 11.4 Å². The van der Waals surface area contributed by atoms with Crippen molar-refractivity contribution >= 4 is 0 Å². The van der Waals surface area contributed by atoms with Crippen molar-refractivity contribution in [3.05, 3.63) is 58.9 Å². The molecular weight excluding hydrogens is 316 g/mol. The van der Waals surface area contributed by atoms with Crippen molar-refractivity contribution in [1.82, 2.24) is 10.2 Å². The smallest absolute Gasteiger partial charge is 0.0656 e. The highest BCUT2D eigenvalue weighted by molar-refractivity contribution is 5.26. The zero-order valence-corrected chi connectivity index (χ0v) is 16.7. The van der Waals surface area contributed by atoms with Gasteiger partial charge < -0.3 is 0 Å². The van der Waals surface area contributed by atoms with Crippen molar-refractivity contribution in [2.75, 3.05) is 0 Å². The van der Waals surface area contributed by atoms with E-state index in [0.29, 0.717) is 23.7 Å². The first-order valence-corrected chi connectivity index (χ1v) is 9.15. The largest absolute Gasteiger partial charge is 0.155 e. The molecule has 0 atom stereocenters. The quantitative estimate of drug-likeness (QED) is 0.554. The van der Waals surface area contributed by atoms with Gasteiger partial charge in [-0.1, -0.05) is 94.5 Å². The van der Waals surface area contributed by atoms with Crippen LogP contribution in [0.25, 0.3) is 0 Å². The molecule has 2 heteroatoms. The fourth-order valence-electron chi connectivity index (χ4n) is 2.23. The molecular formula is C24H42N2. The maximum Gasteiger partial charge on any atom is 0.0656 e. The van der Waals surface area contributed by atoms with Crippen LogP contribution in [0.15, 0.2) is 36.4 Å². The summed E-state index contributed by atoms with van der Waals surface area (Å²) in [7, 11) is 0. The second kappa shape index (κ2) is 12.6. The second-order valence-electron chi connectivity index (χ2n) is 7.67. The lowest BCUT2D eigenvalue weighted by molar-refractivity contribution is 0.733. The van der Waals surface area contributed by atoms with Crippen LogP contribution in [-0.2, 0) is 0 Å². The Morgan fingerprint density at radius 3 is 0.885 bits per heavy atom. The first kappa shape index (κ1) is 26.5. The van der Waals surface area contributed by atoms with E-state index in [-0.39, 0.29) is 14.9 Å². The second-order valence-corrected chi connectivity index (χ2v) is 7.67. The van der Waals surface area contributed by atoms with Crippen LogP contribution in [0, 0.1) is 0 Å². The van der Waals surface area contributed by atoms with E-state index in [1.807, 2.05) is 0 Å². The average Bonchev–Trinajstić information content (AvgIpc) is 2.55. The van der Waals surface area contributed by atoms with E-state index in [2.05, 4.69) is 102 Å². The molecule has 0 aliphatic rings. The Morgan fingerprint density at radius 2 is 0.731 bits per heavy atom. The zero-order chi connectivity index (χ0) is 18.3. The topological polar surface area (TPSA) is 25.8 Å². The fraction of sp³-hybridized carbons (Fsp3) is 0.583. The Kier molecular flexibility index (Phi) is 12.9. The minimum Gasteiger partial charge on any atom is -0.155 e. The molecule has 0 amide bonds. The highest BCUT2D eigenvalue weighted by atomic mass is 15.1. The maximum atomic E-state index is 4.15. The Bertz CT molecular complexity index is 469. The Hall–Kier alpha value is -1.70. The minimum absolute atomic E-state index is 0. The van der Waals surface area contributed by atoms with Crippen molar-refractivity contribution in [3.63, 3.8) is 0 Å². The van der Waals surface area contributed by atoms with Crippen molar-refractivity contribution in [2.45, 2.75) is 93.9 Å².